The first-order chi connectivity index (χ1) is 10.0. The average molecular weight is 306 g/mol. The van der Waals surface area contributed by atoms with Crippen LogP contribution in [0.2, 0.25) is 0 Å². The van der Waals surface area contributed by atoms with Gasteiger partial charge in [0.25, 0.3) is 0 Å². The molecule has 21 heavy (non-hydrogen) atoms. The molecular formula is C17H26N2OS. The minimum atomic E-state index is 0.00538. The van der Waals surface area contributed by atoms with Crippen LogP contribution in [0.15, 0.2) is 17.5 Å². The van der Waals surface area contributed by atoms with Crippen LogP contribution in [0.4, 0.5) is 0 Å². The van der Waals surface area contributed by atoms with Crippen molar-refractivity contribution in [3.05, 3.63) is 22.4 Å². The van der Waals surface area contributed by atoms with Crippen LogP contribution in [-0.2, 0) is 4.79 Å². The number of hydrogen-bond acceptors (Lipinski definition) is 3. The van der Waals surface area contributed by atoms with Gasteiger partial charge in [0.05, 0.1) is 6.04 Å². The summed E-state index contributed by atoms with van der Waals surface area (Å²) in [5, 5.41) is 5.69. The van der Waals surface area contributed by atoms with Crippen molar-refractivity contribution in [2.75, 3.05) is 0 Å². The summed E-state index contributed by atoms with van der Waals surface area (Å²) in [6, 6.07) is 4.63. The third-order valence-corrected chi connectivity index (χ3v) is 5.84. The zero-order valence-corrected chi connectivity index (χ0v) is 14.1. The number of carbonyl (C=O) groups excluding carboxylic acids is 1. The topological polar surface area (TPSA) is 32.3 Å². The highest BCUT2D eigenvalue weighted by atomic mass is 32.1. The van der Waals surface area contributed by atoms with Gasteiger partial charge in [-0.05, 0) is 42.5 Å². The lowest BCUT2D eigenvalue weighted by atomic mass is 9.91. The molecule has 2 heterocycles. The molecule has 1 aromatic heterocycles. The summed E-state index contributed by atoms with van der Waals surface area (Å²) >= 11 is 1.75. The van der Waals surface area contributed by atoms with Crippen molar-refractivity contribution >= 4 is 17.2 Å². The van der Waals surface area contributed by atoms with Gasteiger partial charge < -0.3 is 4.90 Å². The van der Waals surface area contributed by atoms with Gasteiger partial charge in [-0.3, -0.25) is 10.1 Å². The Kier molecular flexibility index (Phi) is 4.10. The van der Waals surface area contributed by atoms with Gasteiger partial charge in [-0.25, -0.2) is 0 Å². The molecule has 2 fully saturated rings. The highest BCUT2D eigenvalue weighted by molar-refractivity contribution is 7.10. The number of carbonyl (C=O) groups is 1. The monoisotopic (exact) mass is 306 g/mol. The predicted molar refractivity (Wildman–Crippen MR) is 87.2 cm³/mol. The van der Waals surface area contributed by atoms with E-state index < -0.39 is 0 Å². The fourth-order valence-electron chi connectivity index (χ4n) is 3.84. The van der Waals surface area contributed by atoms with Crippen molar-refractivity contribution in [1.29, 1.82) is 0 Å². The molecule has 1 aromatic rings. The quantitative estimate of drug-likeness (QED) is 0.914. The lowest BCUT2D eigenvalue weighted by molar-refractivity contribution is -0.132. The largest absolute Gasteiger partial charge is 0.318 e. The summed E-state index contributed by atoms with van der Waals surface area (Å²) in [6.45, 7) is 6.80. The molecule has 3 nitrogen and oxygen atoms in total. The Labute approximate surface area is 131 Å². The number of hydrogen-bond donors (Lipinski definition) is 1. The van der Waals surface area contributed by atoms with E-state index in [0.717, 1.165) is 25.7 Å². The van der Waals surface area contributed by atoms with Gasteiger partial charge in [-0.15, -0.1) is 11.3 Å². The van der Waals surface area contributed by atoms with Crippen molar-refractivity contribution in [3.63, 3.8) is 0 Å². The van der Waals surface area contributed by atoms with Crippen molar-refractivity contribution < 1.29 is 4.79 Å². The molecule has 3 unspecified atom stereocenters. The Hall–Kier alpha value is -0.870. The number of nitrogens with one attached hydrogen (secondary N) is 1. The molecule has 116 valence electrons. The molecule has 1 aliphatic heterocycles. The zero-order valence-electron chi connectivity index (χ0n) is 13.3. The smallest absolute Gasteiger partial charge is 0.241 e. The summed E-state index contributed by atoms with van der Waals surface area (Å²) in [5.41, 5.74) is 0.369. The molecule has 1 N–H and O–H groups in total. The third kappa shape index (κ3) is 2.88. The van der Waals surface area contributed by atoms with E-state index in [2.05, 4.69) is 48.5 Å². The minimum absolute atomic E-state index is 0.00538. The van der Waals surface area contributed by atoms with E-state index in [1.807, 2.05) is 0 Å². The van der Waals surface area contributed by atoms with Gasteiger partial charge in [0.1, 0.15) is 6.17 Å². The molecule has 0 spiro atoms. The fraction of sp³-hybridized carbons (Fsp3) is 0.706. The Balaban J connectivity index is 1.85. The van der Waals surface area contributed by atoms with Crippen LogP contribution >= 0.6 is 11.3 Å². The Morgan fingerprint density at radius 2 is 2.29 bits per heavy atom. The van der Waals surface area contributed by atoms with Crippen LogP contribution in [-0.4, -0.2) is 22.9 Å². The predicted octanol–water partition coefficient (Wildman–Crippen LogP) is 3.93. The maximum Gasteiger partial charge on any atom is 0.241 e. The van der Waals surface area contributed by atoms with Gasteiger partial charge >= 0.3 is 0 Å². The molecular weight excluding hydrogens is 280 g/mol. The van der Waals surface area contributed by atoms with Crippen LogP contribution in [0.5, 0.6) is 0 Å². The minimum Gasteiger partial charge on any atom is -0.318 e. The second-order valence-corrected chi connectivity index (χ2v) is 8.21. The molecule has 1 saturated carbocycles. The molecule has 0 aromatic carbocycles. The first-order valence-corrected chi connectivity index (χ1v) is 9.01. The summed E-state index contributed by atoms with van der Waals surface area (Å²) in [7, 11) is 0. The molecule has 3 atom stereocenters. The van der Waals surface area contributed by atoms with E-state index in [-0.39, 0.29) is 12.2 Å². The Morgan fingerprint density at radius 1 is 1.48 bits per heavy atom. The number of amides is 1. The summed E-state index contributed by atoms with van der Waals surface area (Å²) in [6.07, 6.45) is 5.56. The fourth-order valence-corrected chi connectivity index (χ4v) is 4.62. The van der Waals surface area contributed by atoms with E-state index in [4.69, 9.17) is 0 Å². The molecule has 1 aliphatic carbocycles. The Bertz CT molecular complexity index is 497. The standard InChI is InChI=1S/C17H26N2OS/c1-4-6-13-16(20)19(12-8-9-17(2,3)11-12)15(18-13)14-7-5-10-21-14/h5,7,10,12-13,15,18H,4,6,8-9,11H2,1-3H3. The summed E-state index contributed by atoms with van der Waals surface area (Å²) in [4.78, 5) is 16.3. The molecule has 4 heteroatoms. The highest BCUT2D eigenvalue weighted by Crippen LogP contribution is 2.43. The molecule has 0 radical (unpaired) electrons. The summed E-state index contributed by atoms with van der Waals surface area (Å²) in [5.74, 6) is 0.318. The van der Waals surface area contributed by atoms with E-state index in [9.17, 15) is 4.79 Å². The average Bonchev–Trinajstić information content (AvgIpc) is 3.11. The third-order valence-electron chi connectivity index (χ3n) is 4.92. The maximum atomic E-state index is 12.9. The Morgan fingerprint density at radius 3 is 2.86 bits per heavy atom. The zero-order chi connectivity index (χ0) is 15.0. The molecule has 2 aliphatic rings. The van der Waals surface area contributed by atoms with Gasteiger partial charge in [0.2, 0.25) is 5.91 Å². The van der Waals surface area contributed by atoms with Crippen LogP contribution in [0, 0.1) is 5.41 Å². The van der Waals surface area contributed by atoms with E-state index in [1.54, 1.807) is 11.3 Å². The van der Waals surface area contributed by atoms with Crippen molar-refractivity contribution in [1.82, 2.24) is 10.2 Å². The van der Waals surface area contributed by atoms with Crippen molar-refractivity contribution in [2.24, 2.45) is 5.41 Å². The first kappa shape index (κ1) is 15.0. The maximum absolute atomic E-state index is 12.9. The highest BCUT2D eigenvalue weighted by Gasteiger charge is 2.46. The van der Waals surface area contributed by atoms with E-state index in [0.29, 0.717) is 17.4 Å². The lowest BCUT2D eigenvalue weighted by Gasteiger charge is -2.30. The van der Waals surface area contributed by atoms with Gasteiger partial charge in [-0.1, -0.05) is 33.3 Å². The second-order valence-electron chi connectivity index (χ2n) is 7.23. The van der Waals surface area contributed by atoms with Crippen LogP contribution in [0.25, 0.3) is 0 Å². The normalized spacial score (nSPS) is 32.0. The summed E-state index contributed by atoms with van der Waals surface area (Å²) < 4.78 is 0. The number of nitrogens with zero attached hydrogens (tertiary/aromatic N) is 1. The second kappa shape index (κ2) is 5.73. The van der Waals surface area contributed by atoms with Crippen molar-refractivity contribution in [2.45, 2.75) is 71.1 Å². The molecule has 0 bridgehead atoms. The van der Waals surface area contributed by atoms with Gasteiger partial charge in [0.15, 0.2) is 0 Å². The van der Waals surface area contributed by atoms with E-state index >= 15 is 0 Å². The van der Waals surface area contributed by atoms with Crippen LogP contribution in [0.1, 0.15) is 63.9 Å². The van der Waals surface area contributed by atoms with Gasteiger partial charge in [-0.2, -0.15) is 0 Å². The molecule has 3 rings (SSSR count). The van der Waals surface area contributed by atoms with Crippen molar-refractivity contribution in [3.8, 4) is 0 Å². The molecule has 1 saturated heterocycles. The first-order valence-electron chi connectivity index (χ1n) is 8.13. The SMILES string of the molecule is CCCC1NC(c2cccs2)N(C2CCC(C)(C)C2)C1=O. The number of rotatable bonds is 4. The molecule has 1 amide bonds. The lowest BCUT2D eigenvalue weighted by Crippen LogP contribution is -2.39. The van der Waals surface area contributed by atoms with E-state index in [1.165, 1.54) is 11.3 Å². The van der Waals surface area contributed by atoms with Crippen LogP contribution < -0.4 is 5.32 Å². The van der Waals surface area contributed by atoms with Gasteiger partial charge in [0, 0.05) is 10.9 Å². The number of thiophene rings is 1. The van der Waals surface area contributed by atoms with Crippen LogP contribution in [0.3, 0.4) is 0 Å².